The van der Waals surface area contributed by atoms with Gasteiger partial charge in [0.15, 0.2) is 0 Å². The second-order valence-corrected chi connectivity index (χ2v) is 6.34. The lowest BCUT2D eigenvalue weighted by atomic mass is 10.1. The number of nitrogens with one attached hydrogen (secondary N) is 2. The predicted octanol–water partition coefficient (Wildman–Crippen LogP) is 4.23. The third-order valence-electron chi connectivity index (χ3n) is 4.51. The summed E-state index contributed by atoms with van der Waals surface area (Å²) in [7, 11) is 0. The van der Waals surface area contributed by atoms with Gasteiger partial charge in [-0.05, 0) is 43.7 Å². The number of benzene rings is 2. The highest BCUT2D eigenvalue weighted by molar-refractivity contribution is 6.06. The molecule has 144 valence electrons. The van der Waals surface area contributed by atoms with Gasteiger partial charge in [-0.3, -0.25) is 9.59 Å². The number of carbonyl (C=O) groups excluding carboxylic acids is 2. The highest BCUT2D eigenvalue weighted by Gasteiger charge is 2.18. The van der Waals surface area contributed by atoms with Crippen LogP contribution in [0.3, 0.4) is 0 Å². The van der Waals surface area contributed by atoms with Gasteiger partial charge in [-0.2, -0.15) is 5.10 Å². The maximum Gasteiger partial charge on any atom is 0.259 e. The fourth-order valence-corrected chi connectivity index (χ4v) is 2.83. The van der Waals surface area contributed by atoms with Crippen molar-refractivity contribution in [3.05, 3.63) is 71.3 Å². The Kier molecular flexibility index (Phi) is 5.54. The predicted molar refractivity (Wildman–Crippen MR) is 106 cm³/mol. The van der Waals surface area contributed by atoms with Crippen LogP contribution in [0, 0.1) is 19.7 Å². The Hall–Kier alpha value is -3.48. The van der Waals surface area contributed by atoms with Gasteiger partial charge in [0, 0.05) is 17.8 Å². The minimum absolute atomic E-state index is 0.103. The Bertz CT molecular complexity index is 1040. The number of rotatable bonds is 5. The lowest BCUT2D eigenvalue weighted by molar-refractivity contribution is -0.115. The number of nitrogens with zero attached hydrogens (tertiary/aromatic N) is 2. The van der Waals surface area contributed by atoms with Gasteiger partial charge in [0.1, 0.15) is 11.5 Å². The fraction of sp³-hybridized carbons (Fsp3) is 0.190. The molecule has 1 aromatic heterocycles. The molecule has 0 fully saturated rings. The van der Waals surface area contributed by atoms with Crippen LogP contribution in [0.25, 0.3) is 5.69 Å². The van der Waals surface area contributed by atoms with Crippen LogP contribution >= 0.6 is 0 Å². The summed E-state index contributed by atoms with van der Waals surface area (Å²) in [4.78, 5) is 24.4. The molecule has 0 aliphatic rings. The number of hydrogen-bond acceptors (Lipinski definition) is 3. The summed E-state index contributed by atoms with van der Waals surface area (Å²) in [5, 5.41) is 9.81. The third kappa shape index (κ3) is 3.78. The standard InChI is InChI=1S/C21H21FN4O2/c1-4-20(27)24-17-9-7-10-18(13(17)2)25-21(28)15-12-23-26(14(15)3)19-11-6-5-8-16(19)22/h5-12H,4H2,1-3H3,(H,24,27)(H,25,28). The second-order valence-electron chi connectivity index (χ2n) is 6.34. The van der Waals surface area contributed by atoms with Crippen molar-refractivity contribution in [1.82, 2.24) is 9.78 Å². The van der Waals surface area contributed by atoms with Crippen LogP contribution in [-0.2, 0) is 4.79 Å². The lowest BCUT2D eigenvalue weighted by Crippen LogP contribution is -2.16. The van der Waals surface area contributed by atoms with Gasteiger partial charge in [0.05, 0.1) is 17.5 Å². The molecule has 3 rings (SSSR count). The summed E-state index contributed by atoms with van der Waals surface area (Å²) >= 11 is 0. The molecular weight excluding hydrogens is 359 g/mol. The summed E-state index contributed by atoms with van der Waals surface area (Å²) in [5.41, 5.74) is 3.11. The number of amides is 2. The number of carbonyl (C=O) groups is 2. The van der Waals surface area contributed by atoms with Gasteiger partial charge >= 0.3 is 0 Å². The van der Waals surface area contributed by atoms with E-state index in [1.54, 1.807) is 50.2 Å². The van der Waals surface area contributed by atoms with E-state index in [0.29, 0.717) is 29.1 Å². The van der Waals surface area contributed by atoms with Gasteiger partial charge < -0.3 is 10.6 Å². The molecule has 0 bridgehead atoms. The number of anilines is 2. The zero-order valence-electron chi connectivity index (χ0n) is 15.9. The molecule has 0 radical (unpaired) electrons. The van der Waals surface area contributed by atoms with Crippen LogP contribution < -0.4 is 10.6 Å². The first-order valence-corrected chi connectivity index (χ1v) is 8.92. The van der Waals surface area contributed by atoms with Gasteiger partial charge in [0.2, 0.25) is 5.91 Å². The summed E-state index contributed by atoms with van der Waals surface area (Å²) in [6, 6.07) is 11.5. The van der Waals surface area contributed by atoms with Gasteiger partial charge in [0.25, 0.3) is 5.91 Å². The Morgan fingerprint density at radius 3 is 2.39 bits per heavy atom. The highest BCUT2D eigenvalue weighted by Crippen LogP contribution is 2.25. The Labute approximate surface area is 162 Å². The maximum atomic E-state index is 14.0. The van der Waals surface area contributed by atoms with Crippen molar-refractivity contribution in [2.45, 2.75) is 27.2 Å². The van der Waals surface area contributed by atoms with Crippen LogP contribution in [0.15, 0.2) is 48.7 Å². The van der Waals surface area contributed by atoms with Crippen LogP contribution in [0.5, 0.6) is 0 Å². The fourth-order valence-electron chi connectivity index (χ4n) is 2.83. The van der Waals surface area contributed by atoms with E-state index in [4.69, 9.17) is 0 Å². The molecule has 28 heavy (non-hydrogen) atoms. The van der Waals surface area contributed by atoms with Gasteiger partial charge in [-0.1, -0.05) is 25.1 Å². The molecule has 0 saturated carbocycles. The molecule has 0 atom stereocenters. The van der Waals surface area contributed by atoms with Crippen LogP contribution in [0.2, 0.25) is 0 Å². The maximum absolute atomic E-state index is 14.0. The number of hydrogen-bond donors (Lipinski definition) is 2. The van der Waals surface area contributed by atoms with Crippen molar-refractivity contribution in [2.24, 2.45) is 0 Å². The van der Waals surface area contributed by atoms with Crippen molar-refractivity contribution in [1.29, 1.82) is 0 Å². The molecule has 0 aliphatic carbocycles. The number of halogens is 1. The molecule has 0 saturated heterocycles. The molecule has 6 nitrogen and oxygen atoms in total. The monoisotopic (exact) mass is 380 g/mol. The topological polar surface area (TPSA) is 76.0 Å². The smallest absolute Gasteiger partial charge is 0.259 e. The Balaban J connectivity index is 1.86. The molecule has 2 amide bonds. The summed E-state index contributed by atoms with van der Waals surface area (Å²) < 4.78 is 15.4. The zero-order chi connectivity index (χ0) is 20.3. The lowest BCUT2D eigenvalue weighted by Gasteiger charge is -2.13. The first kappa shape index (κ1) is 19.3. The molecule has 0 aliphatic heterocycles. The third-order valence-corrected chi connectivity index (χ3v) is 4.51. The highest BCUT2D eigenvalue weighted by atomic mass is 19.1. The van der Waals surface area contributed by atoms with E-state index in [9.17, 15) is 14.0 Å². The van der Waals surface area contributed by atoms with Gasteiger partial charge in [-0.25, -0.2) is 9.07 Å². The van der Waals surface area contributed by atoms with E-state index in [1.165, 1.54) is 16.9 Å². The van der Waals surface area contributed by atoms with Crippen molar-refractivity contribution in [2.75, 3.05) is 10.6 Å². The normalized spacial score (nSPS) is 10.6. The zero-order valence-corrected chi connectivity index (χ0v) is 15.9. The summed E-state index contributed by atoms with van der Waals surface area (Å²) in [5.74, 6) is -0.883. The van der Waals surface area contributed by atoms with Crippen molar-refractivity contribution in [3.63, 3.8) is 0 Å². The largest absolute Gasteiger partial charge is 0.326 e. The van der Waals surface area contributed by atoms with Crippen LogP contribution in [-0.4, -0.2) is 21.6 Å². The molecular formula is C21H21FN4O2. The van der Waals surface area contributed by atoms with E-state index in [1.807, 2.05) is 6.92 Å². The Morgan fingerprint density at radius 2 is 1.71 bits per heavy atom. The van der Waals surface area contributed by atoms with Crippen molar-refractivity contribution < 1.29 is 14.0 Å². The quantitative estimate of drug-likeness (QED) is 0.695. The number of para-hydroxylation sites is 1. The van der Waals surface area contributed by atoms with E-state index in [-0.39, 0.29) is 17.5 Å². The average Bonchev–Trinajstić information content (AvgIpc) is 3.06. The first-order chi connectivity index (χ1) is 13.4. The van der Waals surface area contributed by atoms with Gasteiger partial charge in [-0.15, -0.1) is 0 Å². The molecule has 7 heteroatoms. The average molecular weight is 380 g/mol. The molecule has 1 heterocycles. The van der Waals surface area contributed by atoms with E-state index in [0.717, 1.165) is 5.56 Å². The van der Waals surface area contributed by atoms with E-state index >= 15 is 0 Å². The molecule has 3 aromatic rings. The molecule has 2 aromatic carbocycles. The van der Waals surface area contributed by atoms with Crippen LogP contribution in [0.1, 0.15) is 35.0 Å². The molecule has 2 N–H and O–H groups in total. The van der Waals surface area contributed by atoms with Crippen molar-refractivity contribution in [3.8, 4) is 5.69 Å². The number of aromatic nitrogens is 2. The Morgan fingerprint density at radius 1 is 1.04 bits per heavy atom. The summed E-state index contributed by atoms with van der Waals surface area (Å²) in [6.45, 7) is 5.29. The minimum Gasteiger partial charge on any atom is -0.326 e. The second kappa shape index (κ2) is 8.04. The van der Waals surface area contributed by atoms with Crippen molar-refractivity contribution >= 4 is 23.2 Å². The first-order valence-electron chi connectivity index (χ1n) is 8.92. The minimum atomic E-state index is -0.420. The van der Waals surface area contributed by atoms with E-state index < -0.39 is 5.82 Å². The molecule has 0 unspecified atom stereocenters. The van der Waals surface area contributed by atoms with Crippen LogP contribution in [0.4, 0.5) is 15.8 Å². The molecule has 0 spiro atoms. The van der Waals surface area contributed by atoms with E-state index in [2.05, 4.69) is 15.7 Å². The SMILES string of the molecule is CCC(=O)Nc1cccc(NC(=O)c2cnn(-c3ccccc3F)c2C)c1C. The summed E-state index contributed by atoms with van der Waals surface area (Å²) in [6.07, 6.45) is 1.78.